The molecular formula is C39H22FN3S2. The summed E-state index contributed by atoms with van der Waals surface area (Å²) in [7, 11) is 0. The Balaban J connectivity index is 1.36. The van der Waals surface area contributed by atoms with Crippen LogP contribution in [0.2, 0.25) is 0 Å². The summed E-state index contributed by atoms with van der Waals surface area (Å²) in [4.78, 5) is 14.0. The third-order valence-corrected chi connectivity index (χ3v) is 9.98. The zero-order chi connectivity index (χ0) is 35.1. The van der Waals surface area contributed by atoms with Crippen LogP contribution in [0.25, 0.3) is 85.6 Å². The van der Waals surface area contributed by atoms with Crippen molar-refractivity contribution in [2.75, 3.05) is 0 Å². The van der Waals surface area contributed by atoms with E-state index in [1.165, 1.54) is 12.1 Å². The van der Waals surface area contributed by atoms with Gasteiger partial charge in [0.25, 0.3) is 0 Å². The number of rotatable bonds is 4. The van der Waals surface area contributed by atoms with Gasteiger partial charge in [0.2, 0.25) is 0 Å². The summed E-state index contributed by atoms with van der Waals surface area (Å²) in [6.07, 6.45) is 0. The standard InChI is InChI=1S/C39H22FN3S2/c40-26-19-16-24(17-20-26)38-41-37(23-8-2-1-3-9-23)42-39(43-38)25-18-21-31-34(22-25)44-33-15-7-11-28(35(31)33)30-13-6-12-29-27-10-4-5-14-32(27)45-36(29)30/h1-22H/i7D,11D,15D,18D,21D,22D. The molecule has 0 spiro atoms. The Kier molecular flexibility index (Phi) is 4.77. The Morgan fingerprint density at radius 1 is 0.511 bits per heavy atom. The van der Waals surface area contributed by atoms with Crippen LogP contribution in [-0.2, 0) is 0 Å². The number of thiophene rings is 2. The normalized spacial score (nSPS) is 13.5. The van der Waals surface area contributed by atoms with E-state index in [0.717, 1.165) is 31.5 Å². The fourth-order valence-corrected chi connectivity index (χ4v) is 7.88. The molecule has 0 saturated carbocycles. The van der Waals surface area contributed by atoms with E-state index in [2.05, 4.69) is 9.97 Å². The molecule has 0 aliphatic heterocycles. The first kappa shape index (κ1) is 20.6. The molecule has 0 radical (unpaired) electrons. The Morgan fingerprint density at radius 3 is 2.04 bits per heavy atom. The van der Waals surface area contributed by atoms with E-state index < -0.39 is 5.82 Å². The summed E-state index contributed by atoms with van der Waals surface area (Å²) in [5.41, 5.74) is 2.29. The number of nitrogens with zero attached hydrogens (tertiary/aromatic N) is 3. The SMILES string of the molecule is [2H]c1c([2H])c(-c2cccc3c2sc2ccccc23)c2c(sc3c([2H])c(-c4nc(-c5ccccc5)nc(-c5ccc(F)cc5)n4)c([2H])c([2H])c32)c1[2H]. The number of benzene rings is 6. The molecule has 0 saturated heterocycles. The molecule has 6 heteroatoms. The predicted octanol–water partition coefficient (Wildman–Crippen LogP) is 11.4. The molecule has 6 aromatic carbocycles. The van der Waals surface area contributed by atoms with Crippen LogP contribution in [0.4, 0.5) is 4.39 Å². The highest BCUT2D eigenvalue weighted by atomic mass is 32.1. The molecule has 3 heterocycles. The maximum absolute atomic E-state index is 13.9. The van der Waals surface area contributed by atoms with Gasteiger partial charge in [-0.05, 0) is 48.0 Å². The Morgan fingerprint density at radius 2 is 1.22 bits per heavy atom. The van der Waals surface area contributed by atoms with E-state index in [4.69, 9.17) is 9.10 Å². The minimum Gasteiger partial charge on any atom is -0.208 e. The molecular weight excluding hydrogens is 594 g/mol. The fourth-order valence-electron chi connectivity index (χ4n) is 5.64. The van der Waals surface area contributed by atoms with Crippen molar-refractivity contribution in [1.29, 1.82) is 0 Å². The predicted molar refractivity (Wildman–Crippen MR) is 187 cm³/mol. The average Bonchev–Trinajstić information content (AvgIpc) is 3.74. The molecule has 3 aromatic heterocycles. The largest absolute Gasteiger partial charge is 0.208 e. The first-order valence-corrected chi connectivity index (χ1v) is 15.8. The lowest BCUT2D eigenvalue weighted by Crippen LogP contribution is -2.00. The van der Waals surface area contributed by atoms with Crippen molar-refractivity contribution in [2.45, 2.75) is 0 Å². The Bertz CT molecular complexity index is 2890. The van der Waals surface area contributed by atoms with Crippen molar-refractivity contribution >= 4 is 63.0 Å². The summed E-state index contributed by atoms with van der Waals surface area (Å²) in [6, 6.07) is 27.6. The molecule has 0 amide bonds. The van der Waals surface area contributed by atoms with Gasteiger partial charge in [-0.3, -0.25) is 0 Å². The number of halogens is 1. The number of fused-ring (bicyclic) bond motifs is 6. The topological polar surface area (TPSA) is 38.7 Å². The van der Waals surface area contributed by atoms with Crippen molar-refractivity contribution < 1.29 is 12.6 Å². The molecule has 0 aliphatic rings. The number of hydrogen-bond acceptors (Lipinski definition) is 5. The van der Waals surface area contributed by atoms with Crippen LogP contribution in [0.1, 0.15) is 8.22 Å². The monoisotopic (exact) mass is 621 g/mol. The highest BCUT2D eigenvalue weighted by molar-refractivity contribution is 7.26. The fraction of sp³-hybridized carbons (Fsp3) is 0. The van der Waals surface area contributed by atoms with Gasteiger partial charge in [0.05, 0.1) is 8.22 Å². The molecule has 212 valence electrons. The van der Waals surface area contributed by atoms with Crippen molar-refractivity contribution in [2.24, 2.45) is 0 Å². The van der Waals surface area contributed by atoms with Crippen molar-refractivity contribution in [3.63, 3.8) is 0 Å². The second-order valence-corrected chi connectivity index (χ2v) is 12.5. The maximum atomic E-state index is 13.9. The Hall–Kier alpha value is -5.30. The quantitative estimate of drug-likeness (QED) is 0.196. The highest BCUT2D eigenvalue weighted by Crippen LogP contribution is 2.45. The van der Waals surface area contributed by atoms with Crippen LogP contribution in [-0.4, -0.2) is 15.0 Å². The molecule has 0 bridgehead atoms. The van der Waals surface area contributed by atoms with Crippen LogP contribution < -0.4 is 0 Å². The molecule has 45 heavy (non-hydrogen) atoms. The van der Waals surface area contributed by atoms with Gasteiger partial charge >= 0.3 is 0 Å². The van der Waals surface area contributed by atoms with E-state index in [1.807, 2.05) is 72.8 Å². The molecule has 0 N–H and O–H groups in total. The maximum Gasteiger partial charge on any atom is 0.164 e. The van der Waals surface area contributed by atoms with Crippen LogP contribution in [0, 0.1) is 5.82 Å². The van der Waals surface area contributed by atoms with Gasteiger partial charge in [-0.1, -0.05) is 90.9 Å². The van der Waals surface area contributed by atoms with Crippen molar-refractivity contribution in [1.82, 2.24) is 15.0 Å². The minimum absolute atomic E-state index is 0.00904. The molecule has 0 unspecified atom stereocenters. The average molecular weight is 622 g/mol. The molecule has 0 atom stereocenters. The zero-order valence-corrected chi connectivity index (χ0v) is 24.9. The second kappa shape index (κ2) is 10.4. The first-order chi connectivity index (χ1) is 24.7. The summed E-state index contributed by atoms with van der Waals surface area (Å²) in [6.45, 7) is 0. The number of hydrogen-bond donors (Lipinski definition) is 0. The van der Waals surface area contributed by atoms with E-state index in [0.29, 0.717) is 37.0 Å². The van der Waals surface area contributed by atoms with Gasteiger partial charge in [0.15, 0.2) is 17.5 Å². The van der Waals surface area contributed by atoms with E-state index in [-0.39, 0.29) is 64.7 Å². The third-order valence-electron chi connectivity index (χ3n) is 7.74. The van der Waals surface area contributed by atoms with Gasteiger partial charge in [-0.15, -0.1) is 22.7 Å². The van der Waals surface area contributed by atoms with Crippen molar-refractivity contribution in [3.05, 3.63) is 139 Å². The van der Waals surface area contributed by atoms with Crippen LogP contribution >= 0.6 is 22.7 Å². The first-order valence-electron chi connectivity index (χ1n) is 17.2. The van der Waals surface area contributed by atoms with E-state index >= 15 is 0 Å². The van der Waals surface area contributed by atoms with E-state index in [9.17, 15) is 8.50 Å². The smallest absolute Gasteiger partial charge is 0.164 e. The lowest BCUT2D eigenvalue weighted by Gasteiger charge is -2.09. The molecule has 9 rings (SSSR count). The molecule has 0 aliphatic carbocycles. The minimum atomic E-state index is -0.421. The molecule has 0 fully saturated rings. The van der Waals surface area contributed by atoms with Gasteiger partial charge in [0.1, 0.15) is 5.82 Å². The summed E-state index contributed by atoms with van der Waals surface area (Å²) >= 11 is 2.68. The summed E-state index contributed by atoms with van der Waals surface area (Å²) in [5, 5.41) is 2.76. The van der Waals surface area contributed by atoms with Crippen LogP contribution in [0.3, 0.4) is 0 Å². The third kappa shape index (κ3) is 4.41. The molecule has 9 aromatic rings. The summed E-state index contributed by atoms with van der Waals surface area (Å²) < 4.78 is 71.6. The lowest BCUT2D eigenvalue weighted by molar-refractivity contribution is 0.628. The second-order valence-electron chi connectivity index (χ2n) is 10.5. The Labute approximate surface area is 274 Å². The zero-order valence-electron chi connectivity index (χ0n) is 29.3. The van der Waals surface area contributed by atoms with E-state index in [1.54, 1.807) is 23.5 Å². The van der Waals surface area contributed by atoms with Gasteiger partial charge in [-0.2, -0.15) is 0 Å². The van der Waals surface area contributed by atoms with Gasteiger partial charge < -0.3 is 0 Å². The van der Waals surface area contributed by atoms with Gasteiger partial charge in [-0.25, -0.2) is 19.3 Å². The summed E-state index contributed by atoms with van der Waals surface area (Å²) in [5.74, 6) is 0.0856. The van der Waals surface area contributed by atoms with Crippen LogP contribution in [0.15, 0.2) is 133 Å². The highest BCUT2D eigenvalue weighted by Gasteiger charge is 2.17. The lowest BCUT2D eigenvalue weighted by atomic mass is 9.97. The molecule has 3 nitrogen and oxygen atoms in total. The number of aromatic nitrogens is 3. The van der Waals surface area contributed by atoms with Crippen LogP contribution in [0.5, 0.6) is 0 Å². The van der Waals surface area contributed by atoms with Gasteiger partial charge in [0, 0.05) is 62.6 Å². The van der Waals surface area contributed by atoms with Crippen molar-refractivity contribution in [3.8, 4) is 45.3 Å².